The van der Waals surface area contributed by atoms with Crippen molar-refractivity contribution in [3.05, 3.63) is 35.9 Å². The van der Waals surface area contributed by atoms with Gasteiger partial charge in [0.15, 0.2) is 0 Å². The fourth-order valence-corrected chi connectivity index (χ4v) is 2.27. The Balaban J connectivity index is 1.91. The molecule has 1 aliphatic carbocycles. The summed E-state index contributed by atoms with van der Waals surface area (Å²) in [6.07, 6.45) is -1.39. The molecule has 0 bridgehead atoms. The van der Waals surface area contributed by atoms with Crippen LogP contribution in [0.4, 0.5) is 4.39 Å². The van der Waals surface area contributed by atoms with E-state index in [4.69, 9.17) is 15.6 Å². The molecule has 2 rings (SSSR count). The lowest BCUT2D eigenvalue weighted by molar-refractivity contribution is -0.00688. The second kappa shape index (κ2) is 5.58. The summed E-state index contributed by atoms with van der Waals surface area (Å²) in [5.41, 5.74) is 6.86. The number of alkyl halides is 1. The number of hydrogen-bond donors (Lipinski definition) is 2. The predicted molar refractivity (Wildman–Crippen MR) is 63.1 cm³/mol. The van der Waals surface area contributed by atoms with Gasteiger partial charge in [0.1, 0.15) is 12.3 Å². The topological polar surface area (TPSA) is 55.5 Å². The van der Waals surface area contributed by atoms with E-state index in [1.165, 1.54) is 0 Å². The van der Waals surface area contributed by atoms with Gasteiger partial charge in [-0.15, -0.1) is 0 Å². The van der Waals surface area contributed by atoms with Gasteiger partial charge >= 0.3 is 0 Å². The van der Waals surface area contributed by atoms with Crippen LogP contribution < -0.4 is 5.73 Å². The molecule has 4 unspecified atom stereocenters. The van der Waals surface area contributed by atoms with Crippen molar-refractivity contribution in [2.45, 2.75) is 31.3 Å². The fourth-order valence-electron chi connectivity index (χ4n) is 2.27. The lowest BCUT2D eigenvalue weighted by atomic mass is 10.1. The van der Waals surface area contributed by atoms with Gasteiger partial charge < -0.3 is 15.6 Å². The Bertz CT molecular complexity index is 347. The molecule has 0 amide bonds. The summed E-state index contributed by atoms with van der Waals surface area (Å²) < 4.78 is 19.2. The highest BCUT2D eigenvalue weighted by Crippen LogP contribution is 2.30. The standard InChI is InChI=1S/C13H18FNO2/c14-11-6-10(7-16)12(15)13(11)17-8-9-4-2-1-3-5-9/h1-5,10-13,16H,6-8,15H2. The first-order valence-corrected chi connectivity index (χ1v) is 5.88. The number of benzene rings is 1. The minimum Gasteiger partial charge on any atom is -0.396 e. The first kappa shape index (κ1) is 12.5. The molecule has 1 saturated carbocycles. The Morgan fingerprint density at radius 2 is 2.06 bits per heavy atom. The minimum absolute atomic E-state index is 0.0766. The van der Waals surface area contributed by atoms with Crippen molar-refractivity contribution >= 4 is 0 Å². The normalized spacial score (nSPS) is 32.9. The lowest BCUT2D eigenvalue weighted by Gasteiger charge is -2.20. The van der Waals surface area contributed by atoms with Gasteiger partial charge in [-0.25, -0.2) is 4.39 Å². The molecular weight excluding hydrogens is 221 g/mol. The molecule has 1 aromatic rings. The molecule has 4 atom stereocenters. The summed E-state index contributed by atoms with van der Waals surface area (Å²) in [6, 6.07) is 9.19. The highest BCUT2D eigenvalue weighted by atomic mass is 19.1. The average molecular weight is 239 g/mol. The molecule has 1 aromatic carbocycles. The molecule has 1 aliphatic rings. The van der Waals surface area contributed by atoms with E-state index in [1.807, 2.05) is 30.3 Å². The first-order valence-electron chi connectivity index (χ1n) is 5.88. The van der Waals surface area contributed by atoms with Crippen LogP contribution in [-0.2, 0) is 11.3 Å². The summed E-state index contributed by atoms with van der Waals surface area (Å²) in [6.45, 7) is 0.282. The van der Waals surface area contributed by atoms with Crippen molar-refractivity contribution in [3.8, 4) is 0 Å². The third kappa shape index (κ3) is 2.83. The maximum atomic E-state index is 13.7. The molecule has 0 heterocycles. The van der Waals surface area contributed by atoms with E-state index in [0.29, 0.717) is 6.61 Å². The maximum Gasteiger partial charge on any atom is 0.128 e. The summed E-state index contributed by atoms with van der Waals surface area (Å²) in [4.78, 5) is 0. The average Bonchev–Trinajstić information content (AvgIpc) is 2.63. The van der Waals surface area contributed by atoms with Crippen LogP contribution in [0.1, 0.15) is 12.0 Å². The van der Waals surface area contributed by atoms with E-state index in [2.05, 4.69) is 0 Å². The molecule has 0 saturated heterocycles. The number of aliphatic hydroxyl groups excluding tert-OH is 1. The Kier molecular flexibility index (Phi) is 4.10. The lowest BCUT2D eigenvalue weighted by Crippen LogP contribution is -2.40. The van der Waals surface area contributed by atoms with E-state index in [1.54, 1.807) is 0 Å². The van der Waals surface area contributed by atoms with Crippen molar-refractivity contribution in [1.29, 1.82) is 0 Å². The largest absolute Gasteiger partial charge is 0.396 e. The summed E-state index contributed by atoms with van der Waals surface area (Å²) >= 11 is 0. The predicted octanol–water partition coefficient (Wildman–Crippen LogP) is 1.25. The Morgan fingerprint density at radius 3 is 2.65 bits per heavy atom. The van der Waals surface area contributed by atoms with Crippen LogP contribution >= 0.6 is 0 Å². The van der Waals surface area contributed by atoms with Crippen LogP contribution in [0.3, 0.4) is 0 Å². The van der Waals surface area contributed by atoms with E-state index in [9.17, 15) is 4.39 Å². The van der Waals surface area contributed by atoms with Crippen LogP contribution in [0.5, 0.6) is 0 Å². The first-order chi connectivity index (χ1) is 8.22. The number of aliphatic hydroxyl groups is 1. The summed E-state index contributed by atoms with van der Waals surface area (Å²) in [5, 5.41) is 9.06. The third-order valence-corrected chi connectivity index (χ3v) is 3.33. The summed E-state index contributed by atoms with van der Waals surface area (Å²) in [5.74, 6) is -0.189. The zero-order chi connectivity index (χ0) is 12.3. The smallest absolute Gasteiger partial charge is 0.128 e. The number of halogens is 1. The highest BCUT2D eigenvalue weighted by molar-refractivity contribution is 5.13. The molecule has 4 heteroatoms. The van der Waals surface area contributed by atoms with Gasteiger partial charge in [-0.3, -0.25) is 0 Å². The maximum absolute atomic E-state index is 13.7. The van der Waals surface area contributed by atoms with Gasteiger partial charge in [-0.05, 0) is 12.0 Å². The van der Waals surface area contributed by atoms with Gasteiger partial charge in [0, 0.05) is 18.6 Å². The van der Waals surface area contributed by atoms with E-state index >= 15 is 0 Å². The molecular formula is C13H18FNO2. The van der Waals surface area contributed by atoms with Gasteiger partial charge in [-0.1, -0.05) is 30.3 Å². The molecule has 0 aliphatic heterocycles. The second-order valence-corrected chi connectivity index (χ2v) is 4.53. The molecule has 0 radical (unpaired) electrons. The Labute approximate surface area is 100 Å². The van der Waals surface area contributed by atoms with E-state index in [0.717, 1.165) is 5.56 Å². The fraction of sp³-hybridized carbons (Fsp3) is 0.538. The van der Waals surface area contributed by atoms with Crippen molar-refractivity contribution in [2.24, 2.45) is 11.7 Å². The van der Waals surface area contributed by atoms with Gasteiger partial charge in [-0.2, -0.15) is 0 Å². The van der Waals surface area contributed by atoms with Crippen molar-refractivity contribution in [2.75, 3.05) is 6.61 Å². The molecule has 0 spiro atoms. The molecule has 3 N–H and O–H groups in total. The molecule has 0 aromatic heterocycles. The van der Waals surface area contributed by atoms with Crippen molar-refractivity contribution in [3.63, 3.8) is 0 Å². The molecule has 1 fully saturated rings. The highest BCUT2D eigenvalue weighted by Gasteiger charge is 2.42. The van der Waals surface area contributed by atoms with Crippen LogP contribution in [0.2, 0.25) is 0 Å². The van der Waals surface area contributed by atoms with Crippen LogP contribution in [0, 0.1) is 5.92 Å². The quantitative estimate of drug-likeness (QED) is 0.831. The van der Waals surface area contributed by atoms with E-state index < -0.39 is 18.3 Å². The zero-order valence-corrected chi connectivity index (χ0v) is 9.63. The van der Waals surface area contributed by atoms with Gasteiger partial charge in [0.25, 0.3) is 0 Å². The van der Waals surface area contributed by atoms with Crippen molar-refractivity contribution in [1.82, 2.24) is 0 Å². The van der Waals surface area contributed by atoms with Gasteiger partial charge in [0.2, 0.25) is 0 Å². The molecule has 17 heavy (non-hydrogen) atoms. The SMILES string of the molecule is NC1C(CO)CC(F)C1OCc1ccccc1. The van der Waals surface area contributed by atoms with Crippen molar-refractivity contribution < 1.29 is 14.2 Å². The zero-order valence-electron chi connectivity index (χ0n) is 9.63. The summed E-state index contributed by atoms with van der Waals surface area (Å²) in [7, 11) is 0. The number of rotatable bonds is 4. The second-order valence-electron chi connectivity index (χ2n) is 4.53. The number of nitrogens with two attached hydrogens (primary N) is 1. The third-order valence-electron chi connectivity index (χ3n) is 3.33. The van der Waals surface area contributed by atoms with Crippen LogP contribution in [0.25, 0.3) is 0 Å². The molecule has 3 nitrogen and oxygen atoms in total. The van der Waals surface area contributed by atoms with Gasteiger partial charge in [0.05, 0.1) is 6.61 Å². The van der Waals surface area contributed by atoms with Crippen LogP contribution in [0.15, 0.2) is 30.3 Å². The number of ether oxygens (including phenoxy) is 1. The van der Waals surface area contributed by atoms with E-state index in [-0.39, 0.29) is 18.9 Å². The monoisotopic (exact) mass is 239 g/mol. The Hall–Kier alpha value is -0.970. The minimum atomic E-state index is -1.08. The van der Waals surface area contributed by atoms with Crippen LogP contribution in [-0.4, -0.2) is 30.0 Å². The Morgan fingerprint density at radius 1 is 1.35 bits per heavy atom. The number of hydrogen-bond acceptors (Lipinski definition) is 3. The molecule has 94 valence electrons.